The standard InChI is InChI=1S/C25H27ClFN3O4/c1-16(31)28-24-18(5-9-22(26)25(24)33-2)6-10-23(32)29-12-20-14-34-15-21(13-29)30(20)11-17-3-7-19(27)8-4-17/h3-10,20-21H,11-15H2,1-2H3,(H,28,31)/b10-6+. The average Bonchev–Trinajstić information content (AvgIpc) is 2.79. The fourth-order valence-corrected chi connectivity index (χ4v) is 4.68. The molecular formula is C25H27ClFN3O4. The topological polar surface area (TPSA) is 71.1 Å². The second-order valence-electron chi connectivity index (χ2n) is 8.45. The predicted molar refractivity (Wildman–Crippen MR) is 128 cm³/mol. The molecule has 2 heterocycles. The monoisotopic (exact) mass is 487 g/mol. The number of ether oxygens (including phenoxy) is 2. The van der Waals surface area contributed by atoms with E-state index in [0.717, 1.165) is 5.56 Å². The highest BCUT2D eigenvalue weighted by Crippen LogP contribution is 2.36. The molecule has 2 fully saturated rings. The maximum atomic E-state index is 13.3. The fraction of sp³-hybridized carbons (Fsp3) is 0.360. The highest BCUT2D eigenvalue weighted by atomic mass is 35.5. The lowest BCUT2D eigenvalue weighted by atomic mass is 10.0. The van der Waals surface area contributed by atoms with Crippen LogP contribution in [0.15, 0.2) is 42.5 Å². The Morgan fingerprint density at radius 2 is 1.85 bits per heavy atom. The van der Waals surface area contributed by atoms with Gasteiger partial charge in [-0.1, -0.05) is 29.8 Å². The van der Waals surface area contributed by atoms with Gasteiger partial charge in [-0.15, -0.1) is 0 Å². The van der Waals surface area contributed by atoms with Gasteiger partial charge >= 0.3 is 0 Å². The molecule has 0 saturated carbocycles. The van der Waals surface area contributed by atoms with Gasteiger partial charge in [0.25, 0.3) is 0 Å². The lowest BCUT2D eigenvalue weighted by Crippen LogP contribution is -2.64. The quantitative estimate of drug-likeness (QED) is 0.631. The van der Waals surface area contributed by atoms with Crippen LogP contribution in [-0.4, -0.2) is 67.1 Å². The van der Waals surface area contributed by atoms with E-state index in [1.165, 1.54) is 32.2 Å². The van der Waals surface area contributed by atoms with Crippen molar-refractivity contribution in [2.75, 3.05) is 38.7 Å². The minimum Gasteiger partial charge on any atom is -0.493 e. The molecule has 2 atom stereocenters. The lowest BCUT2D eigenvalue weighted by molar-refractivity contribution is -0.141. The summed E-state index contributed by atoms with van der Waals surface area (Å²) in [7, 11) is 1.47. The van der Waals surface area contributed by atoms with Gasteiger partial charge in [0.1, 0.15) is 5.82 Å². The Hall–Kier alpha value is -2.94. The Morgan fingerprint density at radius 3 is 2.47 bits per heavy atom. The molecule has 2 aliphatic rings. The van der Waals surface area contributed by atoms with Gasteiger partial charge < -0.3 is 19.7 Å². The lowest BCUT2D eigenvalue weighted by Gasteiger charge is -2.49. The van der Waals surface area contributed by atoms with E-state index in [2.05, 4.69) is 10.2 Å². The molecule has 0 radical (unpaired) electrons. The number of methoxy groups -OCH3 is 1. The second-order valence-corrected chi connectivity index (χ2v) is 8.85. The first-order valence-electron chi connectivity index (χ1n) is 11.0. The van der Waals surface area contributed by atoms with Crippen LogP contribution in [0, 0.1) is 5.82 Å². The first-order chi connectivity index (χ1) is 16.4. The van der Waals surface area contributed by atoms with Crippen LogP contribution in [-0.2, 0) is 20.9 Å². The molecule has 2 saturated heterocycles. The van der Waals surface area contributed by atoms with Gasteiger partial charge in [-0.25, -0.2) is 4.39 Å². The van der Waals surface area contributed by atoms with Crippen LogP contribution in [0.5, 0.6) is 5.75 Å². The Morgan fingerprint density at radius 1 is 1.18 bits per heavy atom. The van der Waals surface area contributed by atoms with Crippen molar-refractivity contribution in [2.45, 2.75) is 25.6 Å². The molecule has 4 rings (SSSR count). The van der Waals surface area contributed by atoms with Gasteiger partial charge in [-0.2, -0.15) is 0 Å². The van der Waals surface area contributed by atoms with Crippen molar-refractivity contribution in [3.63, 3.8) is 0 Å². The number of hydrogen-bond donors (Lipinski definition) is 1. The van der Waals surface area contributed by atoms with Crippen molar-refractivity contribution in [3.8, 4) is 5.75 Å². The van der Waals surface area contributed by atoms with Crippen molar-refractivity contribution in [3.05, 3.63) is 64.4 Å². The fourth-order valence-electron chi connectivity index (χ4n) is 4.45. The highest BCUT2D eigenvalue weighted by Gasteiger charge is 2.39. The summed E-state index contributed by atoms with van der Waals surface area (Å²) in [6, 6.07) is 10.0. The maximum Gasteiger partial charge on any atom is 0.246 e. The van der Waals surface area contributed by atoms with E-state index >= 15 is 0 Å². The molecule has 2 unspecified atom stereocenters. The summed E-state index contributed by atoms with van der Waals surface area (Å²) < 4.78 is 24.4. The summed E-state index contributed by atoms with van der Waals surface area (Å²) in [6.07, 6.45) is 3.16. The number of amides is 2. The SMILES string of the molecule is COc1c(Cl)ccc(/C=C/C(=O)N2CC3COCC(C2)N3Cc2ccc(F)cc2)c1NC(C)=O. The molecule has 2 aromatic rings. The van der Waals surface area contributed by atoms with E-state index < -0.39 is 0 Å². The van der Waals surface area contributed by atoms with Crippen LogP contribution >= 0.6 is 11.6 Å². The number of piperazine rings is 1. The number of nitrogens with zero attached hydrogens (tertiary/aromatic N) is 2. The molecule has 0 aromatic heterocycles. The third-order valence-corrected chi connectivity index (χ3v) is 6.36. The Balaban J connectivity index is 1.48. The summed E-state index contributed by atoms with van der Waals surface area (Å²) in [5.41, 5.74) is 2.06. The van der Waals surface area contributed by atoms with Crippen molar-refractivity contribution < 1.29 is 23.5 Å². The largest absolute Gasteiger partial charge is 0.493 e. The van der Waals surface area contributed by atoms with E-state index in [9.17, 15) is 14.0 Å². The molecule has 9 heteroatoms. The van der Waals surface area contributed by atoms with Crippen LogP contribution in [0.25, 0.3) is 6.08 Å². The van der Waals surface area contributed by atoms with Gasteiger partial charge in [0.15, 0.2) is 5.75 Å². The molecule has 2 amide bonds. The van der Waals surface area contributed by atoms with Crippen molar-refractivity contribution in [1.82, 2.24) is 9.80 Å². The van der Waals surface area contributed by atoms with Gasteiger partial charge in [0.2, 0.25) is 11.8 Å². The van der Waals surface area contributed by atoms with Crippen molar-refractivity contribution in [2.24, 2.45) is 0 Å². The number of hydrogen-bond acceptors (Lipinski definition) is 5. The summed E-state index contributed by atoms with van der Waals surface area (Å²) in [5.74, 6) is -0.310. The van der Waals surface area contributed by atoms with E-state index in [-0.39, 0.29) is 29.7 Å². The number of rotatable bonds is 6. The third kappa shape index (κ3) is 5.41. The molecule has 2 aromatic carbocycles. The number of anilines is 1. The number of carbonyl (C=O) groups is 2. The number of morpholine rings is 1. The smallest absolute Gasteiger partial charge is 0.246 e. The molecule has 2 bridgehead atoms. The van der Waals surface area contributed by atoms with Crippen molar-refractivity contribution in [1.29, 1.82) is 0 Å². The first kappa shape index (κ1) is 24.2. The molecule has 180 valence electrons. The van der Waals surface area contributed by atoms with E-state index in [0.29, 0.717) is 54.9 Å². The number of fused-ring (bicyclic) bond motifs is 2. The van der Waals surface area contributed by atoms with Crippen LogP contribution in [0.2, 0.25) is 5.02 Å². The van der Waals surface area contributed by atoms with Gasteiger partial charge in [-0.3, -0.25) is 14.5 Å². The molecular weight excluding hydrogens is 461 g/mol. The van der Waals surface area contributed by atoms with Crippen LogP contribution in [0.3, 0.4) is 0 Å². The number of halogens is 2. The average molecular weight is 488 g/mol. The van der Waals surface area contributed by atoms with E-state index in [1.807, 2.05) is 4.90 Å². The highest BCUT2D eigenvalue weighted by molar-refractivity contribution is 6.32. The Kier molecular flexibility index (Phi) is 7.50. The Bertz CT molecular complexity index is 1080. The molecule has 0 aliphatic carbocycles. The van der Waals surface area contributed by atoms with E-state index in [1.54, 1.807) is 30.3 Å². The summed E-state index contributed by atoms with van der Waals surface area (Å²) in [6.45, 7) is 4.21. The van der Waals surface area contributed by atoms with Crippen LogP contribution in [0.1, 0.15) is 18.1 Å². The predicted octanol–water partition coefficient (Wildman–Crippen LogP) is 3.57. The molecule has 34 heavy (non-hydrogen) atoms. The van der Waals surface area contributed by atoms with Gasteiger partial charge in [0.05, 0.1) is 43.1 Å². The van der Waals surface area contributed by atoms with Crippen molar-refractivity contribution >= 4 is 35.2 Å². The summed E-state index contributed by atoms with van der Waals surface area (Å²) >= 11 is 6.19. The zero-order valence-electron chi connectivity index (χ0n) is 19.1. The number of benzene rings is 2. The maximum absolute atomic E-state index is 13.3. The third-order valence-electron chi connectivity index (χ3n) is 6.06. The normalized spacial score (nSPS) is 20.4. The summed E-state index contributed by atoms with van der Waals surface area (Å²) in [4.78, 5) is 28.9. The van der Waals surface area contributed by atoms with Crippen LogP contribution < -0.4 is 10.1 Å². The molecule has 1 N–H and O–H groups in total. The van der Waals surface area contributed by atoms with E-state index in [4.69, 9.17) is 21.1 Å². The summed E-state index contributed by atoms with van der Waals surface area (Å²) in [5, 5.41) is 3.09. The van der Waals surface area contributed by atoms with Gasteiger partial charge in [0, 0.05) is 38.2 Å². The molecule has 7 nitrogen and oxygen atoms in total. The second kappa shape index (κ2) is 10.5. The molecule has 2 aliphatic heterocycles. The van der Waals surface area contributed by atoms with Crippen LogP contribution in [0.4, 0.5) is 10.1 Å². The number of nitrogens with one attached hydrogen (secondary N) is 1. The Labute approximate surface area is 203 Å². The number of carbonyl (C=O) groups excluding carboxylic acids is 2. The zero-order valence-corrected chi connectivity index (χ0v) is 19.8. The molecule has 0 spiro atoms. The minimum atomic E-state index is -0.272. The zero-order chi connectivity index (χ0) is 24.2. The first-order valence-corrected chi connectivity index (χ1v) is 11.4. The van der Waals surface area contributed by atoms with Gasteiger partial charge in [-0.05, 0) is 29.8 Å². The minimum absolute atomic E-state index is 0.0560.